The van der Waals surface area contributed by atoms with Crippen molar-refractivity contribution in [1.82, 2.24) is 14.3 Å². The van der Waals surface area contributed by atoms with Crippen molar-refractivity contribution < 1.29 is 8.42 Å². The van der Waals surface area contributed by atoms with Gasteiger partial charge in [-0.2, -0.15) is 4.31 Å². The van der Waals surface area contributed by atoms with Crippen molar-refractivity contribution in [3.8, 4) is 0 Å². The Morgan fingerprint density at radius 2 is 1.86 bits per heavy atom. The minimum absolute atomic E-state index is 0.0324. The van der Waals surface area contributed by atoms with E-state index in [9.17, 15) is 8.42 Å². The molecular formula is C14H18ClN3O2S. The van der Waals surface area contributed by atoms with Crippen molar-refractivity contribution in [1.29, 1.82) is 0 Å². The van der Waals surface area contributed by atoms with E-state index < -0.39 is 10.0 Å². The molecule has 2 atom stereocenters. The quantitative estimate of drug-likeness (QED) is 0.918. The summed E-state index contributed by atoms with van der Waals surface area (Å²) in [7, 11) is -1.99. The molecule has 2 aromatic rings. The number of nitrogens with one attached hydrogen (secondary N) is 1. The Labute approximate surface area is 130 Å². The van der Waals surface area contributed by atoms with Crippen molar-refractivity contribution in [2.75, 3.05) is 7.05 Å². The zero-order chi connectivity index (χ0) is 15.6. The number of benzene rings is 1. The minimum atomic E-state index is -3.57. The molecule has 21 heavy (non-hydrogen) atoms. The van der Waals surface area contributed by atoms with Gasteiger partial charge < -0.3 is 4.98 Å². The number of hydrogen-bond acceptors (Lipinski definition) is 3. The van der Waals surface area contributed by atoms with E-state index in [1.165, 1.54) is 16.8 Å². The van der Waals surface area contributed by atoms with Gasteiger partial charge in [0.05, 0.1) is 12.5 Å². The standard InChI is InChI=1S/C14H18ClN3O2S/c1-10(12-4-6-13(15)7-5-12)11(2)18(3)21(19,20)14-8-16-9-17-14/h4-11H,1-3H3,(H,16,17)/t10-,11+/m1/s1. The normalized spacial score (nSPS) is 15.1. The molecule has 0 fully saturated rings. The topological polar surface area (TPSA) is 66.1 Å². The molecule has 1 aromatic carbocycles. The number of rotatable bonds is 5. The molecule has 0 bridgehead atoms. The van der Waals surface area contributed by atoms with Crippen molar-refractivity contribution >= 4 is 21.6 Å². The summed E-state index contributed by atoms with van der Waals surface area (Å²) in [5.74, 6) is 0.0324. The number of H-pyrrole nitrogens is 1. The van der Waals surface area contributed by atoms with Gasteiger partial charge in [-0.05, 0) is 30.5 Å². The van der Waals surface area contributed by atoms with Crippen LogP contribution in [0.4, 0.5) is 0 Å². The molecule has 0 saturated heterocycles. The predicted octanol–water partition coefficient (Wildman–Crippen LogP) is 2.88. The molecule has 1 heterocycles. The molecule has 7 heteroatoms. The largest absolute Gasteiger partial charge is 0.335 e. The Kier molecular flexibility index (Phi) is 4.70. The minimum Gasteiger partial charge on any atom is -0.335 e. The molecule has 5 nitrogen and oxygen atoms in total. The fourth-order valence-corrected chi connectivity index (χ4v) is 3.57. The van der Waals surface area contributed by atoms with E-state index in [1.807, 2.05) is 38.1 Å². The lowest BCUT2D eigenvalue weighted by atomic mass is 9.95. The first-order chi connectivity index (χ1) is 9.84. The Bertz CT molecular complexity index is 684. The van der Waals surface area contributed by atoms with Gasteiger partial charge in [0, 0.05) is 18.1 Å². The molecule has 0 amide bonds. The average molecular weight is 328 g/mol. The van der Waals surface area contributed by atoms with Crippen LogP contribution in [0, 0.1) is 0 Å². The lowest BCUT2D eigenvalue weighted by Gasteiger charge is -2.29. The smallest absolute Gasteiger partial charge is 0.260 e. The van der Waals surface area contributed by atoms with Gasteiger partial charge >= 0.3 is 0 Å². The summed E-state index contributed by atoms with van der Waals surface area (Å²) in [4.78, 5) is 6.41. The number of imidazole rings is 1. The summed E-state index contributed by atoms with van der Waals surface area (Å²) in [6, 6.07) is 7.24. The third-order valence-electron chi connectivity index (χ3n) is 3.82. The van der Waals surface area contributed by atoms with Crippen LogP contribution >= 0.6 is 11.6 Å². The van der Waals surface area contributed by atoms with Gasteiger partial charge in [0.15, 0.2) is 5.03 Å². The number of aromatic nitrogens is 2. The number of aromatic amines is 1. The van der Waals surface area contributed by atoms with Crippen molar-refractivity contribution in [2.45, 2.75) is 30.8 Å². The molecule has 114 valence electrons. The molecule has 0 saturated carbocycles. The summed E-state index contributed by atoms with van der Waals surface area (Å²) in [5, 5.41) is 0.761. The molecule has 0 radical (unpaired) electrons. The molecule has 1 aromatic heterocycles. The first-order valence-electron chi connectivity index (χ1n) is 6.56. The van der Waals surface area contributed by atoms with E-state index in [0.717, 1.165) is 5.56 Å². The van der Waals surface area contributed by atoms with Crippen LogP contribution in [0.25, 0.3) is 0 Å². The van der Waals surface area contributed by atoms with Crippen LogP contribution in [0.3, 0.4) is 0 Å². The fraction of sp³-hybridized carbons (Fsp3) is 0.357. The number of halogens is 1. The highest BCUT2D eigenvalue weighted by Gasteiger charge is 2.30. The molecule has 0 aliphatic heterocycles. The SMILES string of the molecule is C[C@@H](c1ccc(Cl)cc1)[C@H](C)N(C)S(=O)(=O)c1cnc[nH]1. The van der Waals surface area contributed by atoms with Crippen molar-refractivity contribution in [2.24, 2.45) is 0 Å². The van der Waals surface area contributed by atoms with E-state index in [2.05, 4.69) is 9.97 Å². The van der Waals surface area contributed by atoms with Crippen LogP contribution in [-0.2, 0) is 10.0 Å². The predicted molar refractivity (Wildman–Crippen MR) is 82.9 cm³/mol. The van der Waals surface area contributed by atoms with Gasteiger partial charge in [0.1, 0.15) is 0 Å². The lowest BCUT2D eigenvalue weighted by molar-refractivity contribution is 0.349. The second kappa shape index (κ2) is 6.17. The number of hydrogen-bond donors (Lipinski definition) is 1. The zero-order valence-corrected chi connectivity index (χ0v) is 13.7. The number of sulfonamides is 1. The number of likely N-dealkylation sites (N-methyl/N-ethyl adjacent to an activating group) is 1. The van der Waals surface area contributed by atoms with Crippen LogP contribution in [0.15, 0.2) is 41.8 Å². The highest BCUT2D eigenvalue weighted by molar-refractivity contribution is 7.89. The lowest BCUT2D eigenvalue weighted by Crippen LogP contribution is -2.38. The first-order valence-corrected chi connectivity index (χ1v) is 8.37. The van der Waals surface area contributed by atoms with Crippen LogP contribution in [0.2, 0.25) is 5.02 Å². The van der Waals surface area contributed by atoms with Crippen LogP contribution in [-0.4, -0.2) is 35.8 Å². The van der Waals surface area contributed by atoms with Gasteiger partial charge in [-0.25, -0.2) is 13.4 Å². The monoisotopic (exact) mass is 327 g/mol. The van der Waals surface area contributed by atoms with Crippen LogP contribution < -0.4 is 0 Å². The summed E-state index contributed by atoms with van der Waals surface area (Å²) in [5.41, 5.74) is 1.04. The molecule has 1 N–H and O–H groups in total. The molecule has 0 aliphatic rings. The van der Waals surface area contributed by atoms with E-state index in [-0.39, 0.29) is 17.0 Å². The second-order valence-electron chi connectivity index (χ2n) is 5.02. The third kappa shape index (κ3) is 3.28. The van der Waals surface area contributed by atoms with E-state index in [0.29, 0.717) is 5.02 Å². The van der Waals surface area contributed by atoms with Crippen LogP contribution in [0.5, 0.6) is 0 Å². The van der Waals surface area contributed by atoms with Gasteiger partial charge in [0.25, 0.3) is 10.0 Å². The second-order valence-corrected chi connectivity index (χ2v) is 7.42. The zero-order valence-electron chi connectivity index (χ0n) is 12.1. The van der Waals surface area contributed by atoms with Crippen molar-refractivity contribution in [3.05, 3.63) is 47.4 Å². The molecular weight excluding hydrogens is 310 g/mol. The third-order valence-corrected chi connectivity index (χ3v) is 5.94. The molecule has 0 spiro atoms. The molecule has 0 aliphatic carbocycles. The summed E-state index contributed by atoms with van der Waals surface area (Å²) in [6.07, 6.45) is 2.67. The van der Waals surface area contributed by atoms with Gasteiger partial charge in [-0.1, -0.05) is 30.7 Å². The van der Waals surface area contributed by atoms with E-state index in [4.69, 9.17) is 11.6 Å². The Hall–Kier alpha value is -1.37. The summed E-state index contributed by atoms with van der Waals surface area (Å²) < 4.78 is 26.3. The van der Waals surface area contributed by atoms with E-state index in [1.54, 1.807) is 7.05 Å². The molecule has 2 rings (SSSR count). The Morgan fingerprint density at radius 3 is 2.38 bits per heavy atom. The number of nitrogens with zero attached hydrogens (tertiary/aromatic N) is 2. The van der Waals surface area contributed by atoms with Crippen LogP contribution in [0.1, 0.15) is 25.3 Å². The summed E-state index contributed by atoms with van der Waals surface area (Å²) in [6.45, 7) is 3.88. The highest BCUT2D eigenvalue weighted by atomic mass is 35.5. The Balaban J connectivity index is 2.23. The fourth-order valence-electron chi connectivity index (χ4n) is 2.12. The van der Waals surface area contributed by atoms with Gasteiger partial charge in [-0.3, -0.25) is 0 Å². The molecule has 0 unspecified atom stereocenters. The Morgan fingerprint density at radius 1 is 1.24 bits per heavy atom. The van der Waals surface area contributed by atoms with Gasteiger partial charge in [-0.15, -0.1) is 0 Å². The maximum Gasteiger partial charge on any atom is 0.260 e. The van der Waals surface area contributed by atoms with Crippen molar-refractivity contribution in [3.63, 3.8) is 0 Å². The average Bonchev–Trinajstić information content (AvgIpc) is 3.00. The summed E-state index contributed by atoms with van der Waals surface area (Å²) >= 11 is 5.88. The van der Waals surface area contributed by atoms with Gasteiger partial charge in [0.2, 0.25) is 0 Å². The maximum atomic E-state index is 12.5. The maximum absolute atomic E-state index is 12.5. The first kappa shape index (κ1) is 16.0. The van der Waals surface area contributed by atoms with E-state index >= 15 is 0 Å². The highest BCUT2D eigenvalue weighted by Crippen LogP contribution is 2.26.